The van der Waals surface area contributed by atoms with Crippen molar-refractivity contribution in [3.63, 3.8) is 0 Å². The predicted molar refractivity (Wildman–Crippen MR) is 83.0 cm³/mol. The number of aliphatic imine (C=N–C) groups is 1. The SMILES string of the molecule is CCOCCNC(=NC)NCCSc1ccccc1. The maximum atomic E-state index is 5.26. The van der Waals surface area contributed by atoms with Gasteiger partial charge in [-0.3, -0.25) is 4.99 Å². The molecule has 19 heavy (non-hydrogen) atoms. The van der Waals surface area contributed by atoms with Crippen molar-refractivity contribution >= 4 is 17.7 Å². The topological polar surface area (TPSA) is 45.6 Å². The Hall–Kier alpha value is -1.20. The van der Waals surface area contributed by atoms with E-state index in [1.165, 1.54) is 4.90 Å². The maximum Gasteiger partial charge on any atom is 0.191 e. The summed E-state index contributed by atoms with van der Waals surface area (Å²) in [6.07, 6.45) is 0. The smallest absolute Gasteiger partial charge is 0.191 e. The number of hydrogen-bond acceptors (Lipinski definition) is 3. The average Bonchev–Trinajstić information content (AvgIpc) is 2.46. The summed E-state index contributed by atoms with van der Waals surface area (Å²) in [5.74, 6) is 1.84. The zero-order valence-corrected chi connectivity index (χ0v) is 12.5. The van der Waals surface area contributed by atoms with Crippen LogP contribution in [0, 0.1) is 0 Å². The first-order valence-electron chi connectivity index (χ1n) is 6.57. The van der Waals surface area contributed by atoms with Crippen LogP contribution in [-0.4, -0.2) is 45.1 Å². The summed E-state index contributed by atoms with van der Waals surface area (Å²) in [7, 11) is 1.78. The molecule has 0 aliphatic heterocycles. The van der Waals surface area contributed by atoms with E-state index >= 15 is 0 Å². The van der Waals surface area contributed by atoms with Crippen molar-refractivity contribution in [1.82, 2.24) is 10.6 Å². The van der Waals surface area contributed by atoms with Crippen LogP contribution in [0.15, 0.2) is 40.2 Å². The summed E-state index contributed by atoms with van der Waals surface area (Å²) in [5.41, 5.74) is 0. The Morgan fingerprint density at radius 2 is 1.95 bits per heavy atom. The summed E-state index contributed by atoms with van der Waals surface area (Å²) in [6, 6.07) is 10.4. The van der Waals surface area contributed by atoms with Crippen molar-refractivity contribution in [3.8, 4) is 0 Å². The summed E-state index contributed by atoms with van der Waals surface area (Å²) >= 11 is 1.83. The van der Waals surface area contributed by atoms with Crippen molar-refractivity contribution in [2.75, 3.05) is 39.1 Å². The van der Waals surface area contributed by atoms with Gasteiger partial charge in [-0.1, -0.05) is 18.2 Å². The largest absolute Gasteiger partial charge is 0.380 e. The molecule has 5 heteroatoms. The van der Waals surface area contributed by atoms with Crippen molar-refractivity contribution in [1.29, 1.82) is 0 Å². The van der Waals surface area contributed by atoms with Crippen molar-refractivity contribution in [3.05, 3.63) is 30.3 Å². The van der Waals surface area contributed by atoms with E-state index in [0.29, 0.717) is 6.61 Å². The molecule has 0 aliphatic carbocycles. The Balaban J connectivity index is 2.09. The Morgan fingerprint density at radius 3 is 2.63 bits per heavy atom. The predicted octanol–water partition coefficient (Wildman–Crippen LogP) is 1.98. The number of guanidine groups is 1. The molecule has 0 spiro atoms. The fourth-order valence-corrected chi connectivity index (χ4v) is 2.25. The zero-order chi connectivity index (χ0) is 13.8. The number of thioether (sulfide) groups is 1. The lowest BCUT2D eigenvalue weighted by molar-refractivity contribution is 0.152. The van der Waals surface area contributed by atoms with Crippen LogP contribution in [0.1, 0.15) is 6.92 Å². The number of benzene rings is 1. The van der Waals surface area contributed by atoms with Crippen molar-refractivity contribution in [2.24, 2.45) is 4.99 Å². The quantitative estimate of drug-likeness (QED) is 0.331. The maximum absolute atomic E-state index is 5.26. The molecule has 106 valence electrons. The third-order valence-corrected chi connectivity index (χ3v) is 3.39. The molecular weight excluding hydrogens is 258 g/mol. The summed E-state index contributed by atoms with van der Waals surface area (Å²) in [6.45, 7) is 5.11. The van der Waals surface area contributed by atoms with Gasteiger partial charge in [-0.2, -0.15) is 0 Å². The van der Waals surface area contributed by atoms with Crippen molar-refractivity contribution < 1.29 is 4.74 Å². The van der Waals surface area contributed by atoms with Gasteiger partial charge in [-0.25, -0.2) is 0 Å². The number of ether oxygens (including phenoxy) is 1. The van der Waals surface area contributed by atoms with E-state index in [1.54, 1.807) is 7.05 Å². The van der Waals surface area contributed by atoms with Crippen LogP contribution >= 0.6 is 11.8 Å². The third-order valence-electron chi connectivity index (χ3n) is 2.37. The fraction of sp³-hybridized carbons (Fsp3) is 0.500. The first-order valence-corrected chi connectivity index (χ1v) is 7.55. The Labute approximate surface area is 120 Å². The molecule has 0 atom stereocenters. The third kappa shape index (κ3) is 7.74. The summed E-state index contributed by atoms with van der Waals surface area (Å²) in [5, 5.41) is 6.49. The van der Waals surface area contributed by atoms with E-state index in [0.717, 1.165) is 31.4 Å². The van der Waals surface area contributed by atoms with Gasteiger partial charge in [-0.15, -0.1) is 11.8 Å². The number of nitrogens with one attached hydrogen (secondary N) is 2. The minimum Gasteiger partial charge on any atom is -0.380 e. The molecule has 0 heterocycles. The van der Waals surface area contributed by atoms with Crippen LogP contribution in [-0.2, 0) is 4.74 Å². The molecule has 0 amide bonds. The molecule has 0 unspecified atom stereocenters. The average molecular weight is 281 g/mol. The Kier molecular flexibility index (Phi) is 8.93. The normalized spacial score (nSPS) is 11.4. The molecule has 0 saturated carbocycles. The monoisotopic (exact) mass is 281 g/mol. The molecule has 2 N–H and O–H groups in total. The first kappa shape index (κ1) is 15.9. The van der Waals surface area contributed by atoms with Crippen LogP contribution in [0.4, 0.5) is 0 Å². The highest BCUT2D eigenvalue weighted by molar-refractivity contribution is 7.99. The highest BCUT2D eigenvalue weighted by Gasteiger charge is 1.97. The second-order valence-corrected chi connectivity index (χ2v) is 4.95. The lowest BCUT2D eigenvalue weighted by Gasteiger charge is -2.11. The molecule has 0 aromatic heterocycles. The highest BCUT2D eigenvalue weighted by atomic mass is 32.2. The molecule has 1 aromatic carbocycles. The van der Waals surface area contributed by atoms with Gasteiger partial charge in [0.2, 0.25) is 0 Å². The van der Waals surface area contributed by atoms with Gasteiger partial charge < -0.3 is 15.4 Å². The molecule has 4 nitrogen and oxygen atoms in total. The van der Waals surface area contributed by atoms with Crippen LogP contribution in [0.5, 0.6) is 0 Å². The van der Waals surface area contributed by atoms with Crippen LogP contribution in [0.3, 0.4) is 0 Å². The van der Waals surface area contributed by atoms with Gasteiger partial charge in [-0.05, 0) is 19.1 Å². The standard InChI is InChI=1S/C14H23N3OS/c1-3-18-11-9-16-14(15-2)17-10-12-19-13-7-5-4-6-8-13/h4-8H,3,9-12H2,1-2H3,(H2,15,16,17). The van der Waals surface area contributed by atoms with Gasteiger partial charge in [0.15, 0.2) is 5.96 Å². The number of rotatable bonds is 8. The van der Waals surface area contributed by atoms with Crippen LogP contribution < -0.4 is 10.6 Å². The number of nitrogens with zero attached hydrogens (tertiary/aromatic N) is 1. The lowest BCUT2D eigenvalue weighted by Crippen LogP contribution is -2.39. The summed E-state index contributed by atoms with van der Waals surface area (Å²) in [4.78, 5) is 5.45. The fourth-order valence-electron chi connectivity index (χ4n) is 1.46. The number of hydrogen-bond donors (Lipinski definition) is 2. The molecule has 1 aromatic rings. The second kappa shape index (κ2) is 10.7. The van der Waals surface area contributed by atoms with Crippen molar-refractivity contribution in [2.45, 2.75) is 11.8 Å². The van der Waals surface area contributed by atoms with E-state index < -0.39 is 0 Å². The van der Waals surface area contributed by atoms with E-state index in [1.807, 2.05) is 24.8 Å². The van der Waals surface area contributed by atoms with Gasteiger partial charge in [0, 0.05) is 37.4 Å². The van der Waals surface area contributed by atoms with Gasteiger partial charge in [0.05, 0.1) is 6.61 Å². The van der Waals surface area contributed by atoms with E-state index in [9.17, 15) is 0 Å². The molecule has 0 radical (unpaired) electrons. The molecule has 0 saturated heterocycles. The molecule has 1 rings (SSSR count). The van der Waals surface area contributed by atoms with E-state index in [-0.39, 0.29) is 0 Å². The van der Waals surface area contributed by atoms with Gasteiger partial charge in [0.25, 0.3) is 0 Å². The van der Waals surface area contributed by atoms with Crippen LogP contribution in [0.25, 0.3) is 0 Å². The van der Waals surface area contributed by atoms with Crippen LogP contribution in [0.2, 0.25) is 0 Å². The Morgan fingerprint density at radius 1 is 1.21 bits per heavy atom. The van der Waals surface area contributed by atoms with E-state index in [2.05, 4.69) is 39.9 Å². The van der Waals surface area contributed by atoms with Gasteiger partial charge >= 0.3 is 0 Å². The highest BCUT2D eigenvalue weighted by Crippen LogP contribution is 2.15. The van der Waals surface area contributed by atoms with Gasteiger partial charge in [0.1, 0.15) is 0 Å². The molecule has 0 bridgehead atoms. The minimum absolute atomic E-state index is 0.704. The first-order chi connectivity index (χ1) is 9.36. The lowest BCUT2D eigenvalue weighted by atomic mass is 10.4. The molecule has 0 aliphatic rings. The summed E-state index contributed by atoms with van der Waals surface area (Å²) < 4.78 is 5.26. The Bertz CT molecular complexity index is 357. The molecule has 0 fully saturated rings. The minimum atomic E-state index is 0.704. The zero-order valence-electron chi connectivity index (χ0n) is 11.7. The molecular formula is C14H23N3OS. The second-order valence-electron chi connectivity index (χ2n) is 3.78. The van der Waals surface area contributed by atoms with E-state index in [4.69, 9.17) is 4.74 Å².